The highest BCUT2D eigenvalue weighted by Gasteiger charge is 2.21. The van der Waals surface area contributed by atoms with Crippen molar-refractivity contribution in [3.63, 3.8) is 0 Å². The Labute approximate surface area is 125 Å². The fraction of sp³-hybridized carbons (Fsp3) is 0.562. The van der Waals surface area contributed by atoms with E-state index < -0.39 is 0 Å². The molecule has 0 aromatic heterocycles. The Kier molecular flexibility index (Phi) is 4.72. The SMILES string of the molecule is O=C(CC1COCCN1)Nc1ccc(OCC2CC2)cc1. The Bertz CT molecular complexity index is 465. The first-order valence-electron chi connectivity index (χ1n) is 7.63. The molecule has 5 heteroatoms. The van der Waals surface area contributed by atoms with Crippen molar-refractivity contribution in [1.29, 1.82) is 0 Å². The second kappa shape index (κ2) is 6.91. The van der Waals surface area contributed by atoms with Crippen LogP contribution in [0.2, 0.25) is 0 Å². The first kappa shape index (κ1) is 14.4. The number of anilines is 1. The van der Waals surface area contributed by atoms with Crippen LogP contribution in [0, 0.1) is 5.92 Å². The van der Waals surface area contributed by atoms with E-state index in [0.717, 1.165) is 37.1 Å². The molecule has 1 aliphatic carbocycles. The summed E-state index contributed by atoms with van der Waals surface area (Å²) in [7, 11) is 0. The zero-order valence-electron chi connectivity index (χ0n) is 12.1. The number of hydrogen-bond acceptors (Lipinski definition) is 4. The normalized spacial score (nSPS) is 21.8. The molecule has 2 aliphatic rings. The van der Waals surface area contributed by atoms with E-state index in [1.54, 1.807) is 0 Å². The van der Waals surface area contributed by atoms with E-state index in [9.17, 15) is 4.79 Å². The number of ether oxygens (including phenoxy) is 2. The molecule has 114 valence electrons. The van der Waals surface area contributed by atoms with Gasteiger partial charge in [0.15, 0.2) is 0 Å². The molecule has 0 radical (unpaired) electrons. The quantitative estimate of drug-likeness (QED) is 0.838. The molecular weight excluding hydrogens is 268 g/mol. The van der Waals surface area contributed by atoms with E-state index in [1.165, 1.54) is 12.8 Å². The molecule has 1 aliphatic heterocycles. The average Bonchev–Trinajstić information content (AvgIpc) is 3.32. The van der Waals surface area contributed by atoms with Crippen molar-refractivity contribution < 1.29 is 14.3 Å². The van der Waals surface area contributed by atoms with E-state index in [4.69, 9.17) is 9.47 Å². The van der Waals surface area contributed by atoms with Gasteiger partial charge in [0.05, 0.1) is 19.8 Å². The van der Waals surface area contributed by atoms with Crippen LogP contribution in [0.4, 0.5) is 5.69 Å². The summed E-state index contributed by atoms with van der Waals surface area (Å²) in [4.78, 5) is 12.0. The first-order chi connectivity index (χ1) is 10.3. The van der Waals surface area contributed by atoms with Gasteiger partial charge in [0.2, 0.25) is 5.91 Å². The van der Waals surface area contributed by atoms with Crippen molar-refractivity contribution in [2.24, 2.45) is 5.92 Å². The number of carbonyl (C=O) groups excluding carboxylic acids is 1. The molecule has 0 bridgehead atoms. The molecule has 5 nitrogen and oxygen atoms in total. The number of morpholine rings is 1. The summed E-state index contributed by atoms with van der Waals surface area (Å²) in [6, 6.07) is 7.68. The summed E-state index contributed by atoms with van der Waals surface area (Å²) >= 11 is 0. The molecule has 1 saturated heterocycles. The van der Waals surface area contributed by atoms with E-state index >= 15 is 0 Å². The van der Waals surface area contributed by atoms with Crippen LogP contribution < -0.4 is 15.4 Å². The number of carbonyl (C=O) groups is 1. The molecule has 1 unspecified atom stereocenters. The molecule has 0 spiro atoms. The van der Waals surface area contributed by atoms with Crippen LogP contribution in [0.1, 0.15) is 19.3 Å². The zero-order valence-corrected chi connectivity index (χ0v) is 12.1. The minimum Gasteiger partial charge on any atom is -0.493 e. The summed E-state index contributed by atoms with van der Waals surface area (Å²) in [5.74, 6) is 1.61. The summed E-state index contributed by atoms with van der Waals surface area (Å²) in [6.07, 6.45) is 3.00. The smallest absolute Gasteiger partial charge is 0.226 e. The maximum absolute atomic E-state index is 12.0. The lowest BCUT2D eigenvalue weighted by atomic mass is 10.2. The summed E-state index contributed by atoms with van der Waals surface area (Å²) in [5, 5.41) is 6.18. The van der Waals surface area contributed by atoms with Crippen molar-refractivity contribution in [2.75, 3.05) is 31.7 Å². The minimum absolute atomic E-state index is 0.00430. The number of benzene rings is 1. The molecule has 2 fully saturated rings. The lowest BCUT2D eigenvalue weighted by Crippen LogP contribution is -2.43. The van der Waals surface area contributed by atoms with E-state index in [-0.39, 0.29) is 11.9 Å². The first-order valence-corrected chi connectivity index (χ1v) is 7.63. The van der Waals surface area contributed by atoms with Gasteiger partial charge in [-0.1, -0.05) is 0 Å². The van der Waals surface area contributed by atoms with Crippen molar-refractivity contribution in [2.45, 2.75) is 25.3 Å². The van der Waals surface area contributed by atoms with Gasteiger partial charge < -0.3 is 20.1 Å². The van der Waals surface area contributed by atoms with E-state index in [0.29, 0.717) is 13.0 Å². The zero-order chi connectivity index (χ0) is 14.5. The predicted octanol–water partition coefficient (Wildman–Crippen LogP) is 1.79. The van der Waals surface area contributed by atoms with Gasteiger partial charge in [0.1, 0.15) is 5.75 Å². The van der Waals surface area contributed by atoms with Crippen molar-refractivity contribution in [1.82, 2.24) is 5.32 Å². The monoisotopic (exact) mass is 290 g/mol. The second-order valence-corrected chi connectivity index (χ2v) is 5.76. The fourth-order valence-electron chi connectivity index (χ4n) is 2.32. The Morgan fingerprint density at radius 3 is 2.81 bits per heavy atom. The third-order valence-corrected chi connectivity index (χ3v) is 3.75. The molecule has 21 heavy (non-hydrogen) atoms. The average molecular weight is 290 g/mol. The third kappa shape index (κ3) is 4.72. The van der Waals surface area contributed by atoms with Crippen LogP contribution in [-0.4, -0.2) is 38.3 Å². The van der Waals surface area contributed by atoms with Gasteiger partial charge in [-0.2, -0.15) is 0 Å². The Balaban J connectivity index is 1.43. The molecule has 1 saturated carbocycles. The van der Waals surface area contributed by atoms with Crippen LogP contribution in [0.15, 0.2) is 24.3 Å². The summed E-state index contributed by atoms with van der Waals surface area (Å²) < 4.78 is 11.0. The van der Waals surface area contributed by atoms with Crippen LogP contribution in [-0.2, 0) is 9.53 Å². The molecule has 1 aromatic carbocycles. The van der Waals surface area contributed by atoms with Gasteiger partial charge in [-0.05, 0) is 43.0 Å². The van der Waals surface area contributed by atoms with Crippen molar-refractivity contribution in [3.8, 4) is 5.75 Å². The maximum atomic E-state index is 12.0. The fourth-order valence-corrected chi connectivity index (χ4v) is 2.32. The van der Waals surface area contributed by atoms with Gasteiger partial charge in [-0.3, -0.25) is 4.79 Å². The second-order valence-electron chi connectivity index (χ2n) is 5.76. The molecule has 1 heterocycles. The Morgan fingerprint density at radius 1 is 1.33 bits per heavy atom. The van der Waals surface area contributed by atoms with Gasteiger partial charge in [0.25, 0.3) is 0 Å². The predicted molar refractivity (Wildman–Crippen MR) is 80.5 cm³/mol. The highest BCUT2D eigenvalue weighted by Crippen LogP contribution is 2.29. The van der Waals surface area contributed by atoms with E-state index in [2.05, 4.69) is 10.6 Å². The lowest BCUT2D eigenvalue weighted by Gasteiger charge is -2.23. The minimum atomic E-state index is 0.00430. The van der Waals surface area contributed by atoms with Gasteiger partial charge in [-0.25, -0.2) is 0 Å². The molecule has 3 rings (SSSR count). The van der Waals surface area contributed by atoms with Gasteiger partial charge in [-0.15, -0.1) is 0 Å². The van der Waals surface area contributed by atoms with E-state index in [1.807, 2.05) is 24.3 Å². The van der Waals surface area contributed by atoms with Crippen LogP contribution in [0.3, 0.4) is 0 Å². The largest absolute Gasteiger partial charge is 0.493 e. The van der Waals surface area contributed by atoms with Gasteiger partial charge in [0, 0.05) is 24.7 Å². The topological polar surface area (TPSA) is 59.6 Å². The Morgan fingerprint density at radius 2 is 2.14 bits per heavy atom. The highest BCUT2D eigenvalue weighted by atomic mass is 16.5. The molecule has 1 aromatic rings. The number of rotatable bonds is 6. The number of nitrogens with one attached hydrogen (secondary N) is 2. The summed E-state index contributed by atoms with van der Waals surface area (Å²) in [6.45, 7) is 2.94. The van der Waals surface area contributed by atoms with Crippen molar-refractivity contribution in [3.05, 3.63) is 24.3 Å². The molecule has 2 N–H and O–H groups in total. The number of amides is 1. The Hall–Kier alpha value is -1.59. The van der Waals surface area contributed by atoms with Crippen LogP contribution in [0.5, 0.6) is 5.75 Å². The molecular formula is C16H22N2O3. The molecule has 1 amide bonds. The maximum Gasteiger partial charge on any atom is 0.226 e. The van der Waals surface area contributed by atoms with Crippen LogP contribution in [0.25, 0.3) is 0 Å². The number of hydrogen-bond donors (Lipinski definition) is 2. The lowest BCUT2D eigenvalue weighted by molar-refractivity contribution is -0.117. The van der Waals surface area contributed by atoms with Gasteiger partial charge >= 0.3 is 0 Å². The van der Waals surface area contributed by atoms with Crippen LogP contribution >= 0.6 is 0 Å². The highest BCUT2D eigenvalue weighted by molar-refractivity contribution is 5.91. The summed E-state index contributed by atoms with van der Waals surface area (Å²) in [5.41, 5.74) is 0.801. The standard InChI is InChI=1S/C16H22N2O3/c19-16(9-14-11-20-8-7-17-14)18-13-3-5-15(6-4-13)21-10-12-1-2-12/h3-6,12,14,17H,1-2,7-11H2,(H,18,19). The molecule has 1 atom stereocenters. The van der Waals surface area contributed by atoms with Crippen molar-refractivity contribution >= 4 is 11.6 Å². The third-order valence-electron chi connectivity index (χ3n) is 3.75.